The van der Waals surface area contributed by atoms with Gasteiger partial charge in [0.15, 0.2) is 0 Å². The van der Waals surface area contributed by atoms with Gasteiger partial charge in [-0.3, -0.25) is 4.98 Å². The van der Waals surface area contributed by atoms with Crippen LogP contribution in [0.3, 0.4) is 0 Å². The summed E-state index contributed by atoms with van der Waals surface area (Å²) in [4.78, 5) is 8.27. The Morgan fingerprint density at radius 2 is 2.08 bits per heavy atom. The van der Waals surface area contributed by atoms with Crippen molar-refractivity contribution in [1.82, 2.24) is 9.97 Å². The van der Waals surface area contributed by atoms with Gasteiger partial charge < -0.3 is 4.74 Å². The van der Waals surface area contributed by atoms with Gasteiger partial charge in [-0.15, -0.1) is 0 Å². The van der Waals surface area contributed by atoms with E-state index in [2.05, 4.69) is 9.97 Å². The lowest BCUT2D eigenvalue weighted by Gasteiger charge is -2.20. The summed E-state index contributed by atoms with van der Waals surface area (Å²) < 4.78 is 5.27. The molecule has 0 N–H and O–H groups in total. The molecule has 4 heteroatoms. The van der Waals surface area contributed by atoms with E-state index >= 15 is 0 Å². The first kappa shape index (κ1) is 8.91. The minimum Gasteiger partial charge on any atom is -0.381 e. The van der Waals surface area contributed by atoms with Crippen LogP contribution in [0.15, 0.2) is 12.4 Å². The molecule has 3 nitrogen and oxygen atoms in total. The van der Waals surface area contributed by atoms with Gasteiger partial charge in [-0.2, -0.15) is 0 Å². The maximum absolute atomic E-state index is 5.76. The third kappa shape index (κ3) is 2.17. The number of hydrogen-bond donors (Lipinski definition) is 0. The van der Waals surface area contributed by atoms with Gasteiger partial charge in [0.1, 0.15) is 5.15 Å². The van der Waals surface area contributed by atoms with Gasteiger partial charge in [0, 0.05) is 25.3 Å². The first-order chi connectivity index (χ1) is 6.36. The van der Waals surface area contributed by atoms with Crippen LogP contribution in [0.1, 0.15) is 24.5 Å². The summed E-state index contributed by atoms with van der Waals surface area (Å²) in [6.07, 6.45) is 5.40. The predicted octanol–water partition coefficient (Wildman–Crippen LogP) is 2.02. The van der Waals surface area contributed by atoms with Crippen LogP contribution in [0, 0.1) is 0 Å². The van der Waals surface area contributed by atoms with Crippen molar-refractivity contribution in [1.29, 1.82) is 0 Å². The molecule has 0 unspecified atom stereocenters. The van der Waals surface area contributed by atoms with Crippen molar-refractivity contribution in [2.75, 3.05) is 13.2 Å². The Morgan fingerprint density at radius 1 is 1.31 bits per heavy atom. The maximum atomic E-state index is 5.76. The van der Waals surface area contributed by atoms with E-state index in [9.17, 15) is 0 Å². The minimum atomic E-state index is 0.472. The number of nitrogens with zero attached hydrogens (tertiary/aromatic N) is 2. The molecule has 0 spiro atoms. The summed E-state index contributed by atoms with van der Waals surface area (Å²) in [6.45, 7) is 1.64. The van der Waals surface area contributed by atoms with E-state index in [-0.39, 0.29) is 0 Å². The average molecular weight is 199 g/mol. The highest BCUT2D eigenvalue weighted by Gasteiger charge is 2.17. The topological polar surface area (TPSA) is 35.0 Å². The van der Waals surface area contributed by atoms with E-state index in [4.69, 9.17) is 16.3 Å². The van der Waals surface area contributed by atoms with E-state index in [0.717, 1.165) is 31.7 Å². The van der Waals surface area contributed by atoms with Gasteiger partial charge >= 0.3 is 0 Å². The van der Waals surface area contributed by atoms with Gasteiger partial charge in [-0.1, -0.05) is 11.6 Å². The average Bonchev–Trinajstić information content (AvgIpc) is 2.19. The molecule has 2 heterocycles. The van der Waals surface area contributed by atoms with Gasteiger partial charge in [0.25, 0.3) is 0 Å². The van der Waals surface area contributed by atoms with Crippen LogP contribution >= 0.6 is 11.6 Å². The van der Waals surface area contributed by atoms with Crippen molar-refractivity contribution in [3.8, 4) is 0 Å². The third-order valence-corrected chi connectivity index (χ3v) is 2.45. The highest BCUT2D eigenvalue weighted by Crippen LogP contribution is 2.25. The van der Waals surface area contributed by atoms with E-state index in [1.807, 2.05) is 0 Å². The quantitative estimate of drug-likeness (QED) is 0.693. The Hall–Kier alpha value is -0.670. The summed E-state index contributed by atoms with van der Waals surface area (Å²) in [5.41, 5.74) is 0.996. The van der Waals surface area contributed by atoms with Crippen LogP contribution in [0.5, 0.6) is 0 Å². The zero-order valence-corrected chi connectivity index (χ0v) is 8.00. The largest absolute Gasteiger partial charge is 0.381 e. The molecule has 1 aromatic rings. The van der Waals surface area contributed by atoms with Crippen LogP contribution in [0.25, 0.3) is 0 Å². The first-order valence-corrected chi connectivity index (χ1v) is 4.79. The van der Waals surface area contributed by atoms with Crippen LogP contribution in [-0.2, 0) is 4.74 Å². The Bertz CT molecular complexity index is 287. The van der Waals surface area contributed by atoms with E-state index in [1.165, 1.54) is 0 Å². The van der Waals surface area contributed by atoms with Gasteiger partial charge in [0.05, 0.1) is 11.9 Å². The Balaban J connectivity index is 2.14. The second kappa shape index (κ2) is 4.03. The third-order valence-electron chi connectivity index (χ3n) is 2.26. The molecule has 13 heavy (non-hydrogen) atoms. The van der Waals surface area contributed by atoms with Crippen LogP contribution < -0.4 is 0 Å². The van der Waals surface area contributed by atoms with Crippen LogP contribution in [0.2, 0.25) is 5.15 Å². The van der Waals surface area contributed by atoms with Gasteiger partial charge in [-0.25, -0.2) is 4.98 Å². The Labute approximate surface area is 82.1 Å². The lowest BCUT2D eigenvalue weighted by molar-refractivity contribution is 0.0844. The molecule has 1 saturated heterocycles. The highest BCUT2D eigenvalue weighted by atomic mass is 35.5. The minimum absolute atomic E-state index is 0.472. The summed E-state index contributed by atoms with van der Waals surface area (Å²) in [6, 6.07) is 0. The zero-order valence-electron chi connectivity index (χ0n) is 7.24. The lowest BCUT2D eigenvalue weighted by Crippen LogP contribution is -2.15. The second-order valence-corrected chi connectivity index (χ2v) is 3.54. The number of ether oxygens (including phenoxy) is 1. The number of aromatic nitrogens is 2. The fourth-order valence-corrected chi connectivity index (χ4v) is 1.70. The molecule has 0 atom stereocenters. The molecule has 0 bridgehead atoms. The molecule has 0 saturated carbocycles. The molecular formula is C9H11ClN2O. The predicted molar refractivity (Wildman–Crippen MR) is 49.8 cm³/mol. The number of rotatable bonds is 1. The first-order valence-electron chi connectivity index (χ1n) is 4.41. The monoisotopic (exact) mass is 198 g/mol. The van der Waals surface area contributed by atoms with Crippen molar-refractivity contribution in [3.05, 3.63) is 23.2 Å². The summed E-state index contributed by atoms with van der Waals surface area (Å²) >= 11 is 5.76. The fraction of sp³-hybridized carbons (Fsp3) is 0.556. The molecule has 0 radical (unpaired) electrons. The molecule has 70 valence electrons. The molecule has 1 aliphatic heterocycles. The number of hydrogen-bond acceptors (Lipinski definition) is 3. The molecule has 1 fully saturated rings. The smallest absolute Gasteiger partial charge is 0.147 e. The lowest BCUT2D eigenvalue weighted by atomic mass is 9.97. The van der Waals surface area contributed by atoms with Crippen molar-refractivity contribution in [2.24, 2.45) is 0 Å². The summed E-state index contributed by atoms with van der Waals surface area (Å²) in [5, 5.41) is 0.476. The van der Waals surface area contributed by atoms with Crippen molar-refractivity contribution >= 4 is 11.6 Å². The van der Waals surface area contributed by atoms with Gasteiger partial charge in [-0.05, 0) is 12.8 Å². The Morgan fingerprint density at radius 3 is 2.77 bits per heavy atom. The Kier molecular flexibility index (Phi) is 2.76. The van der Waals surface area contributed by atoms with Crippen molar-refractivity contribution in [2.45, 2.75) is 18.8 Å². The number of halogens is 1. The normalized spacial score (nSPS) is 18.8. The SMILES string of the molecule is Clc1cncc(C2CCOCC2)n1. The highest BCUT2D eigenvalue weighted by molar-refractivity contribution is 6.29. The molecular weight excluding hydrogens is 188 g/mol. The van der Waals surface area contributed by atoms with Gasteiger partial charge in [0.2, 0.25) is 0 Å². The standard InChI is InChI=1S/C9H11ClN2O/c10-9-6-11-5-8(12-9)7-1-3-13-4-2-7/h5-7H,1-4H2. The maximum Gasteiger partial charge on any atom is 0.147 e. The fourth-order valence-electron chi connectivity index (χ4n) is 1.55. The molecule has 1 aliphatic rings. The van der Waals surface area contributed by atoms with E-state index < -0.39 is 0 Å². The van der Waals surface area contributed by atoms with Crippen LogP contribution in [0.4, 0.5) is 0 Å². The molecule has 0 aliphatic carbocycles. The van der Waals surface area contributed by atoms with E-state index in [0.29, 0.717) is 11.1 Å². The van der Waals surface area contributed by atoms with Crippen molar-refractivity contribution in [3.63, 3.8) is 0 Å². The summed E-state index contributed by atoms with van der Waals surface area (Å²) in [5.74, 6) is 0.472. The second-order valence-electron chi connectivity index (χ2n) is 3.15. The van der Waals surface area contributed by atoms with E-state index in [1.54, 1.807) is 12.4 Å². The molecule has 1 aromatic heterocycles. The molecule has 2 rings (SSSR count). The van der Waals surface area contributed by atoms with Crippen molar-refractivity contribution < 1.29 is 4.74 Å². The molecule has 0 aromatic carbocycles. The summed E-state index contributed by atoms with van der Waals surface area (Å²) in [7, 11) is 0. The zero-order chi connectivity index (χ0) is 9.10. The van der Waals surface area contributed by atoms with Crippen LogP contribution in [-0.4, -0.2) is 23.2 Å². The molecule has 0 amide bonds.